The van der Waals surface area contributed by atoms with E-state index >= 15 is 0 Å². The average Bonchev–Trinajstić information content (AvgIpc) is 2.82. The molecule has 0 saturated carbocycles. The summed E-state index contributed by atoms with van der Waals surface area (Å²) in [6.45, 7) is 8.74. The van der Waals surface area contributed by atoms with Crippen molar-refractivity contribution in [2.24, 2.45) is 11.8 Å². The van der Waals surface area contributed by atoms with E-state index in [1.54, 1.807) is 0 Å². The third-order valence-electron chi connectivity index (χ3n) is 3.96. The van der Waals surface area contributed by atoms with Gasteiger partial charge in [0.1, 0.15) is 0 Å². The predicted octanol–water partition coefficient (Wildman–Crippen LogP) is 2.06. The van der Waals surface area contributed by atoms with E-state index in [1.807, 2.05) is 0 Å². The van der Waals surface area contributed by atoms with Crippen molar-refractivity contribution in [2.45, 2.75) is 26.2 Å². The first-order valence-electron chi connectivity index (χ1n) is 6.89. The summed E-state index contributed by atoms with van der Waals surface area (Å²) in [5.41, 5.74) is 0. The molecule has 0 spiro atoms. The van der Waals surface area contributed by atoms with Crippen LogP contribution in [0.1, 0.15) is 26.2 Å². The number of hydrogen-bond donors (Lipinski definition) is 1. The Hall–Kier alpha value is 0.270. The highest BCUT2D eigenvalue weighted by Gasteiger charge is 2.21. The van der Waals surface area contributed by atoms with Gasteiger partial charge in [-0.25, -0.2) is 0 Å². The third kappa shape index (κ3) is 3.94. The maximum atomic E-state index is 3.46. The fourth-order valence-corrected chi connectivity index (χ4v) is 4.13. The van der Waals surface area contributed by atoms with Gasteiger partial charge in [-0.05, 0) is 62.2 Å². The van der Waals surface area contributed by atoms with Gasteiger partial charge in [0, 0.05) is 13.1 Å². The van der Waals surface area contributed by atoms with E-state index in [0.717, 1.165) is 11.8 Å². The number of rotatable bonds is 5. The summed E-state index contributed by atoms with van der Waals surface area (Å²) < 4.78 is 0. The molecule has 2 aliphatic rings. The molecule has 2 nitrogen and oxygen atoms in total. The van der Waals surface area contributed by atoms with Crippen LogP contribution in [0.3, 0.4) is 0 Å². The van der Waals surface area contributed by atoms with Crippen LogP contribution in [0.2, 0.25) is 0 Å². The van der Waals surface area contributed by atoms with E-state index in [9.17, 15) is 0 Å². The molecule has 3 heteroatoms. The minimum Gasteiger partial charge on any atom is -0.317 e. The molecule has 2 aliphatic heterocycles. The number of nitrogens with zero attached hydrogens (tertiary/aromatic N) is 1. The van der Waals surface area contributed by atoms with Crippen molar-refractivity contribution in [3.8, 4) is 0 Å². The minimum absolute atomic E-state index is 0.954. The van der Waals surface area contributed by atoms with Crippen LogP contribution in [0.15, 0.2) is 0 Å². The Kier molecular flexibility index (Phi) is 5.46. The smallest absolute Gasteiger partial charge is 0.00178 e. The number of piperidine rings is 1. The van der Waals surface area contributed by atoms with E-state index < -0.39 is 0 Å². The second-order valence-electron chi connectivity index (χ2n) is 5.28. The van der Waals surface area contributed by atoms with Gasteiger partial charge < -0.3 is 10.2 Å². The molecule has 0 aliphatic carbocycles. The molecule has 1 N–H and O–H groups in total. The highest BCUT2D eigenvalue weighted by Crippen LogP contribution is 2.24. The molecule has 0 radical (unpaired) electrons. The lowest BCUT2D eigenvalue weighted by molar-refractivity contribution is 0.193. The molecule has 0 aromatic carbocycles. The van der Waals surface area contributed by atoms with Gasteiger partial charge in [-0.15, -0.1) is 0 Å². The van der Waals surface area contributed by atoms with Crippen molar-refractivity contribution in [1.29, 1.82) is 0 Å². The molecule has 0 bridgehead atoms. The van der Waals surface area contributed by atoms with Crippen molar-refractivity contribution in [1.82, 2.24) is 10.2 Å². The van der Waals surface area contributed by atoms with E-state index in [1.165, 1.54) is 63.5 Å². The first kappa shape index (κ1) is 12.7. The molecule has 0 amide bonds. The molecule has 2 rings (SSSR count). The highest BCUT2D eigenvalue weighted by molar-refractivity contribution is 7.99. The van der Waals surface area contributed by atoms with Gasteiger partial charge >= 0.3 is 0 Å². The second-order valence-corrected chi connectivity index (χ2v) is 6.43. The van der Waals surface area contributed by atoms with Crippen LogP contribution in [-0.2, 0) is 0 Å². The lowest BCUT2D eigenvalue weighted by atomic mass is 9.97. The van der Waals surface area contributed by atoms with Gasteiger partial charge in [-0.2, -0.15) is 11.8 Å². The number of nitrogens with one attached hydrogen (secondary N) is 1. The first-order chi connectivity index (χ1) is 7.88. The first-order valence-corrected chi connectivity index (χ1v) is 8.04. The van der Waals surface area contributed by atoms with Gasteiger partial charge in [0.2, 0.25) is 0 Å². The van der Waals surface area contributed by atoms with Crippen LogP contribution in [0.4, 0.5) is 0 Å². The van der Waals surface area contributed by atoms with Crippen LogP contribution in [0.5, 0.6) is 0 Å². The van der Waals surface area contributed by atoms with Crippen LogP contribution in [-0.4, -0.2) is 49.1 Å². The van der Waals surface area contributed by atoms with Crippen molar-refractivity contribution in [2.75, 3.05) is 44.2 Å². The lowest BCUT2D eigenvalue weighted by Gasteiger charge is -2.30. The molecule has 1 atom stereocenters. The third-order valence-corrected chi connectivity index (χ3v) is 5.19. The normalized spacial score (nSPS) is 27.8. The molecule has 94 valence electrons. The Morgan fingerprint density at radius 3 is 2.50 bits per heavy atom. The summed E-state index contributed by atoms with van der Waals surface area (Å²) in [7, 11) is 0. The maximum Gasteiger partial charge on any atom is 0.00178 e. The summed E-state index contributed by atoms with van der Waals surface area (Å²) >= 11 is 2.14. The van der Waals surface area contributed by atoms with Crippen molar-refractivity contribution < 1.29 is 0 Å². The summed E-state index contributed by atoms with van der Waals surface area (Å²) in [6, 6.07) is 0. The fraction of sp³-hybridized carbons (Fsp3) is 1.00. The van der Waals surface area contributed by atoms with Crippen molar-refractivity contribution in [3.05, 3.63) is 0 Å². The van der Waals surface area contributed by atoms with E-state index in [2.05, 4.69) is 28.9 Å². The van der Waals surface area contributed by atoms with E-state index in [-0.39, 0.29) is 0 Å². The van der Waals surface area contributed by atoms with Gasteiger partial charge in [-0.3, -0.25) is 0 Å². The standard InChI is InChI=1S/C13H26N2S/c1-2-15(10-13-5-8-16-11-13)9-12-3-6-14-7-4-12/h12-14H,2-11H2,1H3. The number of hydrogen-bond acceptors (Lipinski definition) is 3. The van der Waals surface area contributed by atoms with Crippen LogP contribution < -0.4 is 5.32 Å². The Bertz CT molecular complexity index is 186. The van der Waals surface area contributed by atoms with E-state index in [0.29, 0.717) is 0 Å². The van der Waals surface area contributed by atoms with Crippen LogP contribution in [0, 0.1) is 11.8 Å². The molecule has 1 unspecified atom stereocenters. The molecule has 2 heterocycles. The summed E-state index contributed by atoms with van der Waals surface area (Å²) in [5, 5.41) is 3.46. The maximum absolute atomic E-state index is 3.46. The van der Waals surface area contributed by atoms with Gasteiger partial charge in [0.25, 0.3) is 0 Å². The Balaban J connectivity index is 1.70. The van der Waals surface area contributed by atoms with Crippen LogP contribution >= 0.6 is 11.8 Å². The SMILES string of the molecule is CCN(CC1CCNCC1)CC1CCSC1. The predicted molar refractivity (Wildman–Crippen MR) is 73.1 cm³/mol. The zero-order chi connectivity index (χ0) is 11.2. The summed E-state index contributed by atoms with van der Waals surface area (Å²) in [5.74, 6) is 4.74. The quantitative estimate of drug-likeness (QED) is 0.794. The van der Waals surface area contributed by atoms with Crippen molar-refractivity contribution in [3.63, 3.8) is 0 Å². The van der Waals surface area contributed by atoms with Gasteiger partial charge in [0.05, 0.1) is 0 Å². The highest BCUT2D eigenvalue weighted by atomic mass is 32.2. The molecular formula is C13H26N2S. The van der Waals surface area contributed by atoms with E-state index in [4.69, 9.17) is 0 Å². The Morgan fingerprint density at radius 2 is 1.88 bits per heavy atom. The Morgan fingerprint density at radius 1 is 1.12 bits per heavy atom. The fourth-order valence-electron chi connectivity index (χ4n) is 2.85. The average molecular weight is 242 g/mol. The zero-order valence-electron chi connectivity index (χ0n) is 10.6. The second kappa shape index (κ2) is 6.87. The van der Waals surface area contributed by atoms with Gasteiger partial charge in [-0.1, -0.05) is 6.92 Å². The molecular weight excluding hydrogens is 216 g/mol. The monoisotopic (exact) mass is 242 g/mol. The lowest BCUT2D eigenvalue weighted by Crippen LogP contribution is -2.38. The topological polar surface area (TPSA) is 15.3 Å². The summed E-state index contributed by atoms with van der Waals surface area (Å²) in [4.78, 5) is 2.70. The molecule has 0 aromatic rings. The molecule has 0 aromatic heterocycles. The molecule has 2 fully saturated rings. The summed E-state index contributed by atoms with van der Waals surface area (Å²) in [6.07, 6.45) is 4.22. The van der Waals surface area contributed by atoms with Crippen molar-refractivity contribution >= 4 is 11.8 Å². The zero-order valence-corrected chi connectivity index (χ0v) is 11.4. The Labute approximate surface area is 105 Å². The molecule has 2 saturated heterocycles. The van der Waals surface area contributed by atoms with Crippen LogP contribution in [0.25, 0.3) is 0 Å². The number of thioether (sulfide) groups is 1. The largest absolute Gasteiger partial charge is 0.317 e. The molecule has 16 heavy (non-hydrogen) atoms. The van der Waals surface area contributed by atoms with Gasteiger partial charge in [0.15, 0.2) is 0 Å². The minimum atomic E-state index is 0.954.